The molecule has 0 spiro atoms. The Balaban J connectivity index is 0.954. The van der Waals surface area contributed by atoms with Gasteiger partial charge < -0.3 is 0 Å². The van der Waals surface area contributed by atoms with Crippen LogP contribution in [-0.2, 0) is 0 Å². The lowest BCUT2D eigenvalue weighted by atomic mass is 9.93. The Hall–Kier alpha value is -8.22. The maximum atomic E-state index is 15.8. The van der Waals surface area contributed by atoms with Crippen molar-refractivity contribution in [1.29, 1.82) is 0 Å². The Morgan fingerprint density at radius 1 is 0.136 bits per heavy atom. The first-order chi connectivity index (χ1) is 32.2. The lowest BCUT2D eigenvalue weighted by molar-refractivity contribution is 0.463. The topological polar surface area (TPSA) is 0 Å². The summed E-state index contributed by atoms with van der Waals surface area (Å²) in [4.78, 5) is 0. The van der Waals surface area contributed by atoms with Gasteiger partial charge >= 0.3 is 0 Å². The van der Waals surface area contributed by atoms with E-state index in [1.807, 2.05) is 121 Å². The van der Waals surface area contributed by atoms with Crippen LogP contribution in [0.15, 0.2) is 206 Å². The summed E-state index contributed by atoms with van der Waals surface area (Å²) in [7, 11) is 0. The van der Waals surface area contributed by atoms with Gasteiger partial charge in [-0.3, -0.25) is 0 Å². The third-order valence-corrected chi connectivity index (χ3v) is 12.6. The highest BCUT2D eigenvalue weighted by Crippen LogP contribution is 2.40. The molecule has 0 aliphatic heterocycles. The highest BCUT2D eigenvalue weighted by Gasteiger charge is 2.27. The number of benzene rings is 10. The molecule has 38 rings (SSSR count). The van der Waals surface area contributed by atoms with Gasteiger partial charge in [-0.1, -0.05) is 206 Å². The monoisotopic (exact) mass is 868 g/mol. The van der Waals surface area contributed by atoms with E-state index in [1.54, 1.807) is 60.7 Å². The van der Waals surface area contributed by atoms with Crippen molar-refractivity contribution in [3.8, 4) is 111 Å². The first-order valence-electron chi connectivity index (χ1n) is 21.4. The summed E-state index contributed by atoms with van der Waals surface area (Å²) in [5.41, 5.74) is 10.6. The van der Waals surface area contributed by atoms with Gasteiger partial charge in [-0.05, 0) is 89.0 Å². The molecule has 6 heteroatoms. The van der Waals surface area contributed by atoms with Crippen LogP contribution in [0.1, 0.15) is 0 Å². The minimum Gasteiger partial charge on any atom is -0.203 e. The molecule has 10 aromatic rings. The molecular weight excluding hydrogens is 835 g/mol. The second-order valence-corrected chi connectivity index (χ2v) is 16.4. The van der Waals surface area contributed by atoms with Gasteiger partial charge in [-0.2, -0.15) is 0 Å². The summed E-state index contributed by atoms with van der Waals surface area (Å²) in [6.45, 7) is 0. The van der Waals surface area contributed by atoms with Crippen molar-refractivity contribution >= 4 is 0 Å². The Kier molecular flexibility index (Phi) is 10.1. The quantitative estimate of drug-likeness (QED) is 0.105. The van der Waals surface area contributed by atoms with Crippen LogP contribution >= 0.6 is 0 Å². The number of halogens is 6. The molecule has 0 saturated heterocycles. The van der Waals surface area contributed by atoms with E-state index in [0.717, 1.165) is 66.8 Å². The molecular formula is C60H34F6. The maximum Gasteiger partial charge on any atom is 0.170 e. The third-order valence-electron chi connectivity index (χ3n) is 12.6. The van der Waals surface area contributed by atoms with Gasteiger partial charge in [-0.15, -0.1) is 0 Å². The lowest BCUT2D eigenvalue weighted by Gasteiger charge is -2.14. The zero-order chi connectivity index (χ0) is 45.1. The van der Waals surface area contributed by atoms with Crippen molar-refractivity contribution < 1.29 is 26.3 Å². The molecule has 0 heterocycles. The van der Waals surface area contributed by atoms with Crippen LogP contribution in [-0.4, -0.2) is 0 Å². The van der Waals surface area contributed by atoms with Gasteiger partial charge in [0.25, 0.3) is 0 Å². The number of hydrogen-bond acceptors (Lipinski definition) is 0. The first kappa shape index (κ1) is 40.5. The summed E-state index contributed by atoms with van der Waals surface area (Å²) < 4.78 is 94.5. The summed E-state index contributed by atoms with van der Waals surface area (Å²) in [6.07, 6.45) is 0. The molecule has 28 aliphatic rings. The van der Waals surface area contributed by atoms with E-state index in [0.29, 0.717) is 11.1 Å². The molecule has 0 amide bonds. The Labute approximate surface area is 377 Å². The maximum absolute atomic E-state index is 15.8. The van der Waals surface area contributed by atoms with Crippen LogP contribution in [0.4, 0.5) is 26.3 Å². The van der Waals surface area contributed by atoms with Gasteiger partial charge in [0.1, 0.15) is 0 Å². The Morgan fingerprint density at radius 3 is 0.439 bits per heavy atom. The standard InChI is InChI=1S/C60H34F6/c61-55-51-33-34-52(56(55)62)48-27-19-44(20-28-48)40-11-3-36(4-12-40)38-7-15-42(16-8-38)46-23-31-50(32-24-46)54-59(65)57(63)53(58(64)60(54)66)49-29-21-45(22-30-49)41-13-5-37(6-14-41)35-1-9-39(10-2-35)43-17-25-47(51)26-18-43/h1-34H. The number of rotatable bonds is 0. The molecule has 28 aliphatic carbocycles. The SMILES string of the molecule is Fc1c2ccc(c1F)-c1ccc(cc1)-c1ccc(cc1)-c1ccc(cc1)-c1ccc(cc1)-c1c(F)c(F)c(c(F)c1F)-c1ccc(cc1)-c1ccc(cc1)-c1ccc(cc1)-c1ccc-2cc1. The van der Waals surface area contributed by atoms with Crippen molar-refractivity contribution in [2.45, 2.75) is 0 Å². The fraction of sp³-hybridized carbons (Fsp3) is 0. The fourth-order valence-electron chi connectivity index (χ4n) is 8.90. The summed E-state index contributed by atoms with van der Waals surface area (Å²) in [5.74, 6) is -7.69. The average molecular weight is 869 g/mol. The molecule has 0 N–H and O–H groups in total. The summed E-state index contributed by atoms with van der Waals surface area (Å²) in [5, 5.41) is 0. The zero-order valence-electron chi connectivity index (χ0n) is 34.9. The molecule has 66 heavy (non-hydrogen) atoms. The van der Waals surface area contributed by atoms with Gasteiger partial charge in [0.05, 0.1) is 11.1 Å². The number of hydrogen-bond donors (Lipinski definition) is 0. The van der Waals surface area contributed by atoms with E-state index in [4.69, 9.17) is 0 Å². The first-order valence-corrected chi connectivity index (χ1v) is 21.4. The van der Waals surface area contributed by atoms with Crippen molar-refractivity contribution in [3.63, 3.8) is 0 Å². The van der Waals surface area contributed by atoms with Crippen molar-refractivity contribution in [3.05, 3.63) is 241 Å². The van der Waals surface area contributed by atoms with E-state index in [-0.39, 0.29) is 22.3 Å². The molecule has 0 radical (unpaired) electrons. The second kappa shape index (κ2) is 16.4. The predicted molar refractivity (Wildman–Crippen MR) is 254 cm³/mol. The van der Waals surface area contributed by atoms with Crippen molar-refractivity contribution in [2.24, 2.45) is 0 Å². The van der Waals surface area contributed by atoms with Gasteiger partial charge in [0.15, 0.2) is 34.9 Å². The van der Waals surface area contributed by atoms with Crippen LogP contribution in [0.5, 0.6) is 0 Å². The molecule has 0 aromatic heterocycles. The summed E-state index contributed by atoms with van der Waals surface area (Å²) >= 11 is 0. The molecule has 10 aromatic carbocycles. The van der Waals surface area contributed by atoms with Crippen LogP contribution < -0.4 is 0 Å². The predicted octanol–water partition coefficient (Wildman–Crippen LogP) is 17.5. The average Bonchev–Trinajstić information content (AvgIpc) is 3.37. The zero-order valence-corrected chi connectivity index (χ0v) is 34.9. The third kappa shape index (κ3) is 7.17. The van der Waals surface area contributed by atoms with Crippen molar-refractivity contribution in [2.75, 3.05) is 0 Å². The van der Waals surface area contributed by atoms with E-state index in [9.17, 15) is 0 Å². The lowest BCUT2D eigenvalue weighted by Crippen LogP contribution is -2.03. The van der Waals surface area contributed by atoms with E-state index < -0.39 is 46.0 Å². The Morgan fingerprint density at radius 2 is 0.273 bits per heavy atom. The molecule has 0 fully saturated rings. The minimum absolute atomic E-state index is 0.00164. The molecule has 316 valence electrons. The molecule has 0 atom stereocenters. The second-order valence-electron chi connectivity index (χ2n) is 16.4. The van der Waals surface area contributed by atoms with Gasteiger partial charge in [0, 0.05) is 11.1 Å². The Bertz CT molecular complexity index is 3170. The molecule has 20 bridgehead atoms. The molecule has 0 saturated carbocycles. The summed E-state index contributed by atoms with van der Waals surface area (Å²) in [6, 6.07) is 61.9. The van der Waals surface area contributed by atoms with Gasteiger partial charge in [0.2, 0.25) is 0 Å². The highest BCUT2D eigenvalue weighted by atomic mass is 19.2. The fourth-order valence-corrected chi connectivity index (χ4v) is 8.90. The normalized spacial score (nSPS) is 11.5. The highest BCUT2D eigenvalue weighted by molar-refractivity contribution is 5.81. The van der Waals surface area contributed by atoms with Crippen molar-refractivity contribution in [1.82, 2.24) is 0 Å². The van der Waals surface area contributed by atoms with Crippen LogP contribution in [0.3, 0.4) is 0 Å². The van der Waals surface area contributed by atoms with E-state index in [1.165, 1.54) is 24.3 Å². The minimum atomic E-state index is -1.47. The van der Waals surface area contributed by atoms with Crippen LogP contribution in [0, 0.1) is 34.9 Å². The van der Waals surface area contributed by atoms with Crippen LogP contribution in [0.25, 0.3) is 111 Å². The smallest absolute Gasteiger partial charge is 0.170 e. The van der Waals surface area contributed by atoms with E-state index >= 15 is 26.3 Å². The van der Waals surface area contributed by atoms with Gasteiger partial charge in [-0.25, -0.2) is 26.3 Å². The van der Waals surface area contributed by atoms with E-state index in [2.05, 4.69) is 0 Å². The molecule has 0 unspecified atom stereocenters. The molecule has 0 nitrogen and oxygen atoms in total. The largest absolute Gasteiger partial charge is 0.203 e. The van der Waals surface area contributed by atoms with Crippen LogP contribution in [0.2, 0.25) is 0 Å².